The van der Waals surface area contributed by atoms with Gasteiger partial charge in [0.15, 0.2) is 0 Å². The normalized spacial score (nSPS) is 20.8. The van der Waals surface area contributed by atoms with Crippen molar-refractivity contribution in [3.8, 4) is 0 Å². The fourth-order valence-electron chi connectivity index (χ4n) is 2.32. The number of likely N-dealkylation sites (tertiary alicyclic amines) is 1. The number of nitrogens with zero attached hydrogens (tertiary/aromatic N) is 1. The van der Waals surface area contributed by atoms with Crippen LogP contribution in [-0.4, -0.2) is 23.9 Å². The molecule has 5 heteroatoms. The first kappa shape index (κ1) is 12.1. The summed E-state index contributed by atoms with van der Waals surface area (Å²) in [6, 6.07) is 1.78. The highest BCUT2D eigenvalue weighted by Crippen LogP contribution is 2.20. The summed E-state index contributed by atoms with van der Waals surface area (Å²) in [4.78, 5) is 13.8. The third-order valence-corrected chi connectivity index (χ3v) is 3.23. The van der Waals surface area contributed by atoms with E-state index in [-0.39, 0.29) is 5.91 Å². The van der Waals surface area contributed by atoms with Gasteiger partial charge in [0, 0.05) is 6.54 Å². The van der Waals surface area contributed by atoms with Crippen LogP contribution in [0, 0.1) is 12.8 Å². The quantitative estimate of drug-likeness (QED) is 0.468. The van der Waals surface area contributed by atoms with Gasteiger partial charge in [-0.1, -0.05) is 6.92 Å². The van der Waals surface area contributed by atoms with Crippen molar-refractivity contribution < 1.29 is 9.21 Å². The number of nitrogen functional groups attached to an aromatic ring is 1. The van der Waals surface area contributed by atoms with E-state index >= 15 is 0 Å². The van der Waals surface area contributed by atoms with Gasteiger partial charge in [-0.05, 0) is 31.9 Å². The molecule has 1 aromatic heterocycles. The molecule has 2 rings (SSSR count). The van der Waals surface area contributed by atoms with E-state index in [4.69, 9.17) is 10.3 Å². The lowest BCUT2D eigenvalue weighted by molar-refractivity contribution is 0.0952. The van der Waals surface area contributed by atoms with Crippen LogP contribution in [-0.2, 0) is 6.54 Å². The van der Waals surface area contributed by atoms with E-state index < -0.39 is 0 Å². The Morgan fingerprint density at radius 3 is 3.06 bits per heavy atom. The Labute approximate surface area is 101 Å². The van der Waals surface area contributed by atoms with E-state index in [1.807, 2.05) is 0 Å². The highest BCUT2D eigenvalue weighted by molar-refractivity contribution is 5.94. The maximum Gasteiger partial charge on any atom is 0.268 e. The molecule has 0 bridgehead atoms. The monoisotopic (exact) mass is 237 g/mol. The van der Waals surface area contributed by atoms with E-state index in [9.17, 15) is 4.79 Å². The van der Waals surface area contributed by atoms with Crippen molar-refractivity contribution in [2.24, 2.45) is 11.8 Å². The molecular formula is C12H19N3O2. The van der Waals surface area contributed by atoms with Gasteiger partial charge in [0.1, 0.15) is 11.5 Å². The van der Waals surface area contributed by atoms with Crippen molar-refractivity contribution in [1.82, 2.24) is 10.3 Å². The summed E-state index contributed by atoms with van der Waals surface area (Å²) >= 11 is 0. The zero-order valence-corrected chi connectivity index (χ0v) is 10.3. The summed E-state index contributed by atoms with van der Waals surface area (Å²) < 4.78 is 5.58. The minimum absolute atomic E-state index is 0.299. The van der Waals surface area contributed by atoms with Crippen molar-refractivity contribution in [1.29, 1.82) is 0 Å². The lowest BCUT2D eigenvalue weighted by atomic mass is 10.2. The van der Waals surface area contributed by atoms with Crippen LogP contribution >= 0.6 is 0 Å². The Morgan fingerprint density at radius 1 is 1.71 bits per heavy atom. The number of hydrogen-bond donors (Lipinski definition) is 2. The van der Waals surface area contributed by atoms with E-state index in [0.29, 0.717) is 11.3 Å². The molecule has 3 N–H and O–H groups in total. The van der Waals surface area contributed by atoms with Crippen LogP contribution in [0.5, 0.6) is 0 Å². The van der Waals surface area contributed by atoms with Gasteiger partial charge < -0.3 is 4.42 Å². The molecule has 1 aromatic rings. The molecule has 0 aliphatic carbocycles. The van der Waals surface area contributed by atoms with E-state index in [1.54, 1.807) is 13.0 Å². The molecule has 1 saturated heterocycles. The lowest BCUT2D eigenvalue weighted by Crippen LogP contribution is -2.30. The number of hydrazine groups is 1. The number of hydrogen-bond acceptors (Lipinski definition) is 4. The molecule has 0 aromatic carbocycles. The summed E-state index contributed by atoms with van der Waals surface area (Å²) in [5.41, 5.74) is 2.65. The highest BCUT2D eigenvalue weighted by atomic mass is 16.3. The van der Waals surface area contributed by atoms with E-state index in [0.717, 1.165) is 31.3 Å². The van der Waals surface area contributed by atoms with Gasteiger partial charge in [0.25, 0.3) is 5.91 Å². The molecule has 1 atom stereocenters. The molecule has 1 fully saturated rings. The first-order valence-electron chi connectivity index (χ1n) is 5.92. The predicted octanol–water partition coefficient (Wildman–Crippen LogP) is 1.03. The summed E-state index contributed by atoms with van der Waals surface area (Å²) in [5.74, 6) is 7.01. The topological polar surface area (TPSA) is 71.5 Å². The van der Waals surface area contributed by atoms with Crippen molar-refractivity contribution in [2.45, 2.75) is 26.8 Å². The molecule has 94 valence electrons. The average molecular weight is 237 g/mol. The first-order valence-corrected chi connectivity index (χ1v) is 5.92. The van der Waals surface area contributed by atoms with Gasteiger partial charge in [0.2, 0.25) is 0 Å². The highest BCUT2D eigenvalue weighted by Gasteiger charge is 2.21. The molecule has 0 spiro atoms. The largest absolute Gasteiger partial charge is 0.464 e. The number of rotatable bonds is 3. The second kappa shape index (κ2) is 4.89. The number of carbonyl (C=O) groups is 1. The van der Waals surface area contributed by atoms with Crippen molar-refractivity contribution in [3.05, 3.63) is 23.2 Å². The van der Waals surface area contributed by atoms with Crippen LogP contribution in [0.2, 0.25) is 0 Å². The zero-order valence-electron chi connectivity index (χ0n) is 10.3. The molecular weight excluding hydrogens is 218 g/mol. The number of amides is 1. The second-order valence-corrected chi connectivity index (χ2v) is 4.78. The number of nitrogens with two attached hydrogens (primary N) is 1. The molecule has 0 saturated carbocycles. The maximum absolute atomic E-state index is 11.4. The van der Waals surface area contributed by atoms with Gasteiger partial charge in [-0.25, -0.2) is 5.84 Å². The Hall–Kier alpha value is -1.33. The van der Waals surface area contributed by atoms with E-state index in [1.165, 1.54) is 6.42 Å². The smallest absolute Gasteiger partial charge is 0.268 e. The molecule has 5 nitrogen and oxygen atoms in total. The lowest BCUT2D eigenvalue weighted by Gasteiger charge is -2.12. The SMILES string of the molecule is Cc1oc(CN2CCC(C)C2)cc1C(=O)NN. The minimum Gasteiger partial charge on any atom is -0.464 e. The van der Waals surface area contributed by atoms with Crippen LogP contribution in [0.15, 0.2) is 10.5 Å². The fourth-order valence-corrected chi connectivity index (χ4v) is 2.32. The maximum atomic E-state index is 11.4. The van der Waals surface area contributed by atoms with Crippen LogP contribution in [0.4, 0.5) is 0 Å². The van der Waals surface area contributed by atoms with Crippen molar-refractivity contribution in [3.63, 3.8) is 0 Å². The molecule has 1 aliphatic heterocycles. The first-order chi connectivity index (χ1) is 8.10. The minimum atomic E-state index is -0.299. The van der Waals surface area contributed by atoms with Crippen molar-refractivity contribution >= 4 is 5.91 Å². The number of carbonyl (C=O) groups excluding carboxylic acids is 1. The Bertz CT molecular complexity index is 414. The van der Waals surface area contributed by atoms with E-state index in [2.05, 4.69) is 17.2 Å². The summed E-state index contributed by atoms with van der Waals surface area (Å²) in [7, 11) is 0. The second-order valence-electron chi connectivity index (χ2n) is 4.78. The molecule has 17 heavy (non-hydrogen) atoms. The summed E-state index contributed by atoms with van der Waals surface area (Å²) in [6.45, 7) is 6.99. The zero-order chi connectivity index (χ0) is 12.4. The molecule has 1 aliphatic rings. The molecule has 0 radical (unpaired) electrons. The van der Waals surface area contributed by atoms with Gasteiger partial charge in [-0.15, -0.1) is 0 Å². The van der Waals surface area contributed by atoms with Crippen LogP contribution in [0.1, 0.15) is 35.2 Å². The van der Waals surface area contributed by atoms with Gasteiger partial charge in [-0.2, -0.15) is 0 Å². The van der Waals surface area contributed by atoms with Gasteiger partial charge in [0.05, 0.1) is 12.1 Å². The van der Waals surface area contributed by atoms with Crippen LogP contribution in [0.3, 0.4) is 0 Å². The fraction of sp³-hybridized carbons (Fsp3) is 0.583. The van der Waals surface area contributed by atoms with Gasteiger partial charge >= 0.3 is 0 Å². The van der Waals surface area contributed by atoms with Gasteiger partial charge in [-0.3, -0.25) is 15.1 Å². The van der Waals surface area contributed by atoms with Crippen LogP contribution < -0.4 is 11.3 Å². The summed E-state index contributed by atoms with van der Waals surface area (Å²) in [5, 5.41) is 0. The third kappa shape index (κ3) is 2.68. The Morgan fingerprint density at radius 2 is 2.47 bits per heavy atom. The average Bonchev–Trinajstić information content (AvgIpc) is 2.85. The molecule has 1 unspecified atom stereocenters. The number of nitrogens with one attached hydrogen (secondary N) is 1. The number of furan rings is 1. The molecule has 2 heterocycles. The Kier molecular flexibility index (Phi) is 3.49. The number of aryl methyl sites for hydroxylation is 1. The third-order valence-electron chi connectivity index (χ3n) is 3.23. The predicted molar refractivity (Wildman–Crippen MR) is 64.2 cm³/mol. The standard InChI is InChI=1S/C12H19N3O2/c1-8-3-4-15(6-8)7-10-5-11(9(2)17-10)12(16)14-13/h5,8H,3-4,6-7,13H2,1-2H3,(H,14,16). The Balaban J connectivity index is 2.05. The molecule has 1 amide bonds. The summed E-state index contributed by atoms with van der Waals surface area (Å²) in [6.07, 6.45) is 1.23. The van der Waals surface area contributed by atoms with Crippen LogP contribution in [0.25, 0.3) is 0 Å². The van der Waals surface area contributed by atoms with Crippen molar-refractivity contribution in [2.75, 3.05) is 13.1 Å².